The van der Waals surface area contributed by atoms with Gasteiger partial charge in [-0.1, -0.05) is 48.5 Å². The molecule has 0 radical (unpaired) electrons. The highest BCUT2D eigenvalue weighted by atomic mass is 32.1. The first-order chi connectivity index (χ1) is 15.2. The van der Waals surface area contributed by atoms with Crippen molar-refractivity contribution in [2.45, 2.75) is 38.1 Å². The molecular formula is C25H23N3O2S. The summed E-state index contributed by atoms with van der Waals surface area (Å²) in [6, 6.07) is 20.2. The van der Waals surface area contributed by atoms with E-state index in [1.54, 1.807) is 24.3 Å². The molecule has 0 saturated carbocycles. The lowest BCUT2D eigenvalue weighted by Gasteiger charge is -2.19. The Hall–Kier alpha value is -3.43. The Labute approximate surface area is 185 Å². The van der Waals surface area contributed by atoms with Gasteiger partial charge in [0.15, 0.2) is 0 Å². The Morgan fingerprint density at radius 3 is 2.39 bits per heavy atom. The van der Waals surface area contributed by atoms with Crippen molar-refractivity contribution < 1.29 is 9.59 Å². The summed E-state index contributed by atoms with van der Waals surface area (Å²) in [6.45, 7) is 0. The van der Waals surface area contributed by atoms with Crippen LogP contribution < -0.4 is 10.6 Å². The fourth-order valence-electron chi connectivity index (χ4n) is 3.90. The number of carbonyl (C=O) groups is 2. The van der Waals surface area contributed by atoms with Crippen molar-refractivity contribution in [3.05, 3.63) is 87.8 Å². The van der Waals surface area contributed by atoms with Crippen LogP contribution >= 0.6 is 11.3 Å². The third-order valence-electron chi connectivity index (χ3n) is 5.47. The minimum Gasteiger partial charge on any atom is -0.345 e. The van der Waals surface area contributed by atoms with E-state index >= 15 is 0 Å². The summed E-state index contributed by atoms with van der Waals surface area (Å²) in [5.74, 6) is -0.455. The number of anilines is 1. The van der Waals surface area contributed by atoms with Crippen LogP contribution in [0.25, 0.3) is 0 Å². The van der Waals surface area contributed by atoms with E-state index in [0.29, 0.717) is 16.1 Å². The number of carbonyl (C=O) groups excluding carboxylic acids is 2. The van der Waals surface area contributed by atoms with Crippen LogP contribution in [-0.2, 0) is 17.6 Å². The molecule has 6 heteroatoms. The Balaban J connectivity index is 1.52. The van der Waals surface area contributed by atoms with E-state index in [4.69, 9.17) is 0 Å². The van der Waals surface area contributed by atoms with Crippen molar-refractivity contribution in [2.24, 2.45) is 0 Å². The molecular weight excluding hydrogens is 406 g/mol. The molecule has 156 valence electrons. The number of aryl methyl sites for hydroxylation is 1. The van der Waals surface area contributed by atoms with Gasteiger partial charge in [-0.05, 0) is 48.9 Å². The van der Waals surface area contributed by atoms with Gasteiger partial charge >= 0.3 is 0 Å². The second kappa shape index (κ2) is 9.59. The highest BCUT2D eigenvalue weighted by molar-refractivity contribution is 7.16. The van der Waals surface area contributed by atoms with E-state index in [9.17, 15) is 14.9 Å². The van der Waals surface area contributed by atoms with Gasteiger partial charge in [0.2, 0.25) is 5.91 Å². The maximum Gasteiger partial charge on any atom is 0.251 e. The van der Waals surface area contributed by atoms with Crippen molar-refractivity contribution in [2.75, 3.05) is 5.32 Å². The topological polar surface area (TPSA) is 82.0 Å². The van der Waals surface area contributed by atoms with Crippen LogP contribution in [0.15, 0.2) is 60.7 Å². The average Bonchev–Trinajstić information content (AvgIpc) is 3.16. The van der Waals surface area contributed by atoms with E-state index in [1.165, 1.54) is 16.2 Å². The van der Waals surface area contributed by atoms with Gasteiger partial charge in [0.1, 0.15) is 11.1 Å². The zero-order valence-electron chi connectivity index (χ0n) is 17.1. The van der Waals surface area contributed by atoms with Crippen molar-refractivity contribution in [3.63, 3.8) is 0 Å². The van der Waals surface area contributed by atoms with E-state index in [1.807, 2.05) is 36.4 Å². The van der Waals surface area contributed by atoms with Crippen molar-refractivity contribution >= 4 is 28.2 Å². The minimum absolute atomic E-state index is 0.0794. The van der Waals surface area contributed by atoms with Crippen molar-refractivity contribution in [1.82, 2.24) is 5.32 Å². The number of nitrogens with one attached hydrogen (secondary N) is 2. The molecule has 1 heterocycles. The van der Waals surface area contributed by atoms with Gasteiger partial charge in [-0.3, -0.25) is 9.59 Å². The van der Waals surface area contributed by atoms with E-state index in [2.05, 4.69) is 16.7 Å². The summed E-state index contributed by atoms with van der Waals surface area (Å²) >= 11 is 1.51. The summed E-state index contributed by atoms with van der Waals surface area (Å²) in [5.41, 5.74) is 3.08. The number of benzene rings is 2. The molecule has 0 unspecified atom stereocenters. The molecule has 0 saturated heterocycles. The first kappa shape index (κ1) is 20.8. The molecule has 5 nitrogen and oxygen atoms in total. The number of thiophene rings is 1. The van der Waals surface area contributed by atoms with Crippen LogP contribution in [0.3, 0.4) is 0 Å². The highest BCUT2D eigenvalue weighted by Gasteiger charge is 2.24. The van der Waals surface area contributed by atoms with Crippen LogP contribution in [0.1, 0.15) is 57.2 Å². The number of rotatable bonds is 6. The van der Waals surface area contributed by atoms with Gasteiger partial charge in [0.25, 0.3) is 5.91 Å². The molecule has 4 rings (SSSR count). The van der Waals surface area contributed by atoms with Gasteiger partial charge in [-0.2, -0.15) is 5.26 Å². The molecule has 1 aliphatic rings. The van der Waals surface area contributed by atoms with Crippen LogP contribution in [0.2, 0.25) is 0 Å². The quantitative estimate of drug-likeness (QED) is 0.579. The monoisotopic (exact) mass is 429 g/mol. The Morgan fingerprint density at radius 1 is 1.00 bits per heavy atom. The smallest absolute Gasteiger partial charge is 0.251 e. The second-order valence-electron chi connectivity index (χ2n) is 7.58. The summed E-state index contributed by atoms with van der Waals surface area (Å²) in [7, 11) is 0. The molecule has 0 bridgehead atoms. The minimum atomic E-state index is -0.478. The summed E-state index contributed by atoms with van der Waals surface area (Å²) in [5, 5.41) is 16.2. The first-order valence-corrected chi connectivity index (χ1v) is 11.2. The highest BCUT2D eigenvalue weighted by Crippen LogP contribution is 2.37. The number of amides is 2. The molecule has 0 fully saturated rings. The Morgan fingerprint density at radius 2 is 1.68 bits per heavy atom. The van der Waals surface area contributed by atoms with E-state index < -0.39 is 6.04 Å². The lowest BCUT2D eigenvalue weighted by molar-refractivity contribution is -0.116. The number of nitrogens with zero attached hydrogens (tertiary/aromatic N) is 1. The molecule has 0 spiro atoms. The van der Waals surface area contributed by atoms with E-state index in [0.717, 1.165) is 36.8 Å². The molecule has 1 aliphatic carbocycles. The molecule has 0 aliphatic heterocycles. The number of fused-ring (bicyclic) bond motifs is 1. The SMILES string of the molecule is N#Cc1c(NC(=O)C[C@H](NC(=O)c2ccccc2)c2ccccc2)sc2c1CCCC2. The second-order valence-corrected chi connectivity index (χ2v) is 8.69. The third-order valence-corrected chi connectivity index (χ3v) is 6.68. The molecule has 2 aromatic carbocycles. The average molecular weight is 430 g/mol. The van der Waals surface area contributed by atoms with Crippen molar-refractivity contribution in [3.8, 4) is 6.07 Å². The first-order valence-electron chi connectivity index (χ1n) is 10.4. The Kier molecular flexibility index (Phi) is 6.44. The van der Waals surface area contributed by atoms with Crippen molar-refractivity contribution in [1.29, 1.82) is 5.26 Å². The number of hydrogen-bond donors (Lipinski definition) is 2. The predicted molar refractivity (Wildman–Crippen MR) is 122 cm³/mol. The zero-order chi connectivity index (χ0) is 21.6. The fourth-order valence-corrected chi connectivity index (χ4v) is 5.16. The van der Waals surface area contributed by atoms with E-state index in [-0.39, 0.29) is 18.2 Å². The lowest BCUT2D eigenvalue weighted by Crippen LogP contribution is -2.31. The lowest BCUT2D eigenvalue weighted by atomic mass is 9.96. The molecule has 31 heavy (non-hydrogen) atoms. The summed E-state index contributed by atoms with van der Waals surface area (Å²) in [4.78, 5) is 26.9. The van der Waals surface area contributed by atoms with Crippen LogP contribution in [0, 0.1) is 11.3 Å². The van der Waals surface area contributed by atoms with Gasteiger partial charge < -0.3 is 10.6 Å². The maximum atomic E-state index is 12.9. The standard InChI is InChI=1S/C25H23N3O2S/c26-16-20-19-13-7-8-14-22(19)31-25(20)28-23(29)15-21(17-9-3-1-4-10-17)27-24(30)18-11-5-2-6-12-18/h1-6,9-12,21H,7-8,13-15H2,(H,27,30)(H,28,29)/t21-/m0/s1. The summed E-state index contributed by atoms with van der Waals surface area (Å²) < 4.78 is 0. The molecule has 3 aromatic rings. The molecule has 1 atom stereocenters. The third kappa shape index (κ3) is 4.84. The molecule has 2 N–H and O–H groups in total. The Bertz CT molecular complexity index is 1120. The van der Waals surface area contributed by atoms with Crippen LogP contribution in [0.4, 0.5) is 5.00 Å². The number of hydrogen-bond acceptors (Lipinski definition) is 4. The normalized spacial score (nSPS) is 13.5. The fraction of sp³-hybridized carbons (Fsp3) is 0.240. The molecule has 2 amide bonds. The summed E-state index contributed by atoms with van der Waals surface area (Å²) in [6.07, 6.45) is 4.13. The van der Waals surface area contributed by atoms with Crippen LogP contribution in [0.5, 0.6) is 0 Å². The zero-order valence-corrected chi connectivity index (χ0v) is 17.9. The van der Waals surface area contributed by atoms with Gasteiger partial charge in [-0.25, -0.2) is 0 Å². The van der Waals surface area contributed by atoms with Gasteiger partial charge in [-0.15, -0.1) is 11.3 Å². The van der Waals surface area contributed by atoms with Crippen LogP contribution in [-0.4, -0.2) is 11.8 Å². The maximum absolute atomic E-state index is 12.9. The van der Waals surface area contributed by atoms with Gasteiger partial charge in [0.05, 0.1) is 18.0 Å². The molecule has 1 aromatic heterocycles. The van der Waals surface area contributed by atoms with Gasteiger partial charge in [0, 0.05) is 10.4 Å². The predicted octanol–water partition coefficient (Wildman–Crippen LogP) is 5.00. The largest absolute Gasteiger partial charge is 0.345 e. The number of nitriles is 1.